The number of carbonyl (C=O) groups excluding carboxylic acids is 3. The number of aliphatic hydroxyl groups is 1. The maximum absolute atomic E-state index is 12.8. The lowest BCUT2D eigenvalue weighted by atomic mass is 9.84. The molecule has 146 valence electrons. The first-order valence-corrected chi connectivity index (χ1v) is 9.76. The topological polar surface area (TPSA) is 92.7 Å². The third-order valence-corrected chi connectivity index (χ3v) is 5.72. The molecule has 0 radical (unpaired) electrons. The van der Waals surface area contributed by atoms with Crippen LogP contribution in [0.5, 0.6) is 0 Å². The molecule has 0 heterocycles. The quantitative estimate of drug-likeness (QED) is 0.192. The second-order valence-electron chi connectivity index (χ2n) is 5.99. The van der Waals surface area contributed by atoms with Crippen LogP contribution >= 0.6 is 38.2 Å². The van der Waals surface area contributed by atoms with Crippen LogP contribution in [0.2, 0.25) is 0 Å². The summed E-state index contributed by atoms with van der Waals surface area (Å²) in [5, 5.41) is 11.4. The van der Waals surface area contributed by atoms with Crippen LogP contribution in [0.3, 0.4) is 0 Å². The maximum Gasteiger partial charge on any atom is 0.319 e. The second-order valence-corrected chi connectivity index (χ2v) is 7.31. The molecule has 0 fully saturated rings. The van der Waals surface area contributed by atoms with Gasteiger partial charge in [-0.1, -0.05) is 27.7 Å². The highest BCUT2D eigenvalue weighted by molar-refractivity contribution is 7.82. The van der Waals surface area contributed by atoms with Crippen LogP contribution in [0.15, 0.2) is 0 Å². The molecule has 0 spiro atoms. The van der Waals surface area contributed by atoms with Gasteiger partial charge in [0.15, 0.2) is 11.6 Å². The highest BCUT2D eigenvalue weighted by Gasteiger charge is 2.43. The molecule has 0 aliphatic heterocycles. The van der Waals surface area contributed by atoms with Gasteiger partial charge in [0, 0.05) is 12.9 Å². The van der Waals surface area contributed by atoms with E-state index in [2.05, 4.69) is 47.7 Å². The molecular formula is C16H29NO5S3. The van der Waals surface area contributed by atoms with Crippen molar-refractivity contribution in [2.45, 2.75) is 81.6 Å². The third-order valence-electron chi connectivity index (χ3n) is 4.73. The summed E-state index contributed by atoms with van der Waals surface area (Å²) in [5.74, 6) is -1.48. The van der Waals surface area contributed by atoms with E-state index < -0.39 is 33.5 Å². The van der Waals surface area contributed by atoms with Gasteiger partial charge in [0.1, 0.15) is 11.0 Å². The van der Waals surface area contributed by atoms with E-state index >= 15 is 0 Å². The van der Waals surface area contributed by atoms with E-state index in [1.165, 1.54) is 0 Å². The summed E-state index contributed by atoms with van der Waals surface area (Å²) in [6.07, 6.45) is 1.02. The van der Waals surface area contributed by atoms with E-state index in [1.54, 1.807) is 27.7 Å². The second kappa shape index (κ2) is 10.8. The van der Waals surface area contributed by atoms with E-state index in [1.807, 2.05) is 0 Å². The Balaban J connectivity index is 5.42. The van der Waals surface area contributed by atoms with Gasteiger partial charge in [0.2, 0.25) is 0 Å². The van der Waals surface area contributed by atoms with Crippen molar-refractivity contribution >= 4 is 55.7 Å². The SMILES string of the molecule is CCC(O)(CC)C(=O)C(S)NC(CC)(CC)C(=O)C(S)CC(=O)OS. The van der Waals surface area contributed by atoms with Crippen LogP contribution in [0.4, 0.5) is 0 Å². The lowest BCUT2D eigenvalue weighted by molar-refractivity contribution is -0.139. The Hall–Kier alpha value is -0.220. The molecule has 2 atom stereocenters. The molecule has 25 heavy (non-hydrogen) atoms. The molecule has 0 aromatic heterocycles. The van der Waals surface area contributed by atoms with E-state index in [9.17, 15) is 19.5 Å². The minimum Gasteiger partial charge on any atom is -0.395 e. The number of ketones is 2. The average Bonchev–Trinajstić information content (AvgIpc) is 2.63. The van der Waals surface area contributed by atoms with Gasteiger partial charge >= 0.3 is 5.97 Å². The normalized spacial score (nSPS) is 14.7. The van der Waals surface area contributed by atoms with E-state index in [-0.39, 0.29) is 25.0 Å². The molecule has 2 unspecified atom stereocenters. The fourth-order valence-corrected chi connectivity index (χ4v) is 3.62. The molecule has 0 amide bonds. The number of hydrogen-bond donors (Lipinski definition) is 5. The lowest BCUT2D eigenvalue weighted by Gasteiger charge is -2.37. The van der Waals surface area contributed by atoms with Crippen molar-refractivity contribution in [1.82, 2.24) is 5.32 Å². The van der Waals surface area contributed by atoms with Crippen molar-refractivity contribution in [2.75, 3.05) is 0 Å². The minimum atomic E-state index is -1.49. The van der Waals surface area contributed by atoms with Crippen LogP contribution in [-0.4, -0.2) is 44.4 Å². The van der Waals surface area contributed by atoms with Crippen LogP contribution in [-0.2, 0) is 18.6 Å². The zero-order valence-corrected chi connectivity index (χ0v) is 17.8. The third kappa shape index (κ3) is 6.16. The maximum atomic E-state index is 12.8. The Bertz CT molecular complexity index is 478. The van der Waals surface area contributed by atoms with Crippen LogP contribution in [0, 0.1) is 0 Å². The van der Waals surface area contributed by atoms with Crippen molar-refractivity contribution < 1.29 is 23.7 Å². The first kappa shape index (κ1) is 24.8. The molecule has 0 saturated heterocycles. The van der Waals surface area contributed by atoms with Crippen molar-refractivity contribution in [2.24, 2.45) is 0 Å². The first-order valence-electron chi connectivity index (χ1n) is 8.36. The van der Waals surface area contributed by atoms with Gasteiger partial charge in [0.25, 0.3) is 0 Å². The van der Waals surface area contributed by atoms with Gasteiger partial charge in [0.05, 0.1) is 17.2 Å². The molecule has 0 bridgehead atoms. The van der Waals surface area contributed by atoms with Crippen LogP contribution in [0.1, 0.15) is 59.8 Å². The monoisotopic (exact) mass is 411 g/mol. The number of carbonyl (C=O) groups is 3. The van der Waals surface area contributed by atoms with Crippen molar-refractivity contribution in [3.63, 3.8) is 0 Å². The molecule has 0 aliphatic rings. The van der Waals surface area contributed by atoms with E-state index in [0.717, 1.165) is 0 Å². The lowest BCUT2D eigenvalue weighted by Crippen LogP contribution is -2.60. The number of hydrogen-bond acceptors (Lipinski definition) is 9. The van der Waals surface area contributed by atoms with Gasteiger partial charge in [-0.3, -0.25) is 19.7 Å². The molecule has 6 nitrogen and oxygen atoms in total. The molecule has 0 saturated carbocycles. The highest BCUT2D eigenvalue weighted by atomic mass is 32.1. The van der Waals surface area contributed by atoms with Crippen molar-refractivity contribution in [3.05, 3.63) is 0 Å². The predicted molar refractivity (Wildman–Crippen MR) is 107 cm³/mol. The fourth-order valence-electron chi connectivity index (χ4n) is 2.66. The Labute approximate surface area is 166 Å². The summed E-state index contributed by atoms with van der Waals surface area (Å²) < 4.78 is 4.28. The average molecular weight is 412 g/mol. The number of nitrogens with one attached hydrogen (secondary N) is 1. The summed E-state index contributed by atoms with van der Waals surface area (Å²) >= 11 is 11.9. The van der Waals surface area contributed by atoms with E-state index in [4.69, 9.17) is 0 Å². The van der Waals surface area contributed by atoms with Crippen molar-refractivity contribution in [1.29, 1.82) is 0 Å². The smallest absolute Gasteiger partial charge is 0.319 e. The molecule has 0 aromatic carbocycles. The van der Waals surface area contributed by atoms with E-state index in [0.29, 0.717) is 12.8 Å². The van der Waals surface area contributed by atoms with Gasteiger partial charge < -0.3 is 9.29 Å². The Morgan fingerprint density at radius 1 is 1.00 bits per heavy atom. The number of Topliss-reactive ketones (excluding diaryl/α,β-unsaturated/α-hetero) is 2. The van der Waals surface area contributed by atoms with Crippen molar-refractivity contribution in [3.8, 4) is 0 Å². The minimum absolute atomic E-state index is 0.228. The molecule has 2 N–H and O–H groups in total. The molecule has 9 heteroatoms. The highest BCUT2D eigenvalue weighted by Crippen LogP contribution is 2.26. The standard InChI is InChI=1S/C16H29NO5S3/c1-5-15(6-2,12(19)10(23)9-11(18)22-25)17-14(24)13(20)16(21,7-3)8-4/h10,14,17,21,23-25H,5-9H2,1-4H3. The first-order chi connectivity index (χ1) is 11.6. The number of thiol groups is 3. The largest absolute Gasteiger partial charge is 0.395 e. The van der Waals surface area contributed by atoms with Gasteiger partial charge in [-0.05, 0) is 25.7 Å². The van der Waals surface area contributed by atoms with Gasteiger partial charge in [-0.15, -0.1) is 0 Å². The Kier molecular flexibility index (Phi) is 10.7. The zero-order valence-electron chi connectivity index (χ0n) is 15.1. The summed E-state index contributed by atoms with van der Waals surface area (Å²) in [5.41, 5.74) is -2.58. The molecule has 0 rings (SSSR count). The zero-order chi connectivity index (χ0) is 19.8. The molecule has 0 aliphatic carbocycles. The summed E-state index contributed by atoms with van der Waals surface area (Å²) in [6, 6.07) is 0. The van der Waals surface area contributed by atoms with Gasteiger partial charge in [-0.2, -0.15) is 25.3 Å². The summed E-state index contributed by atoms with van der Waals surface area (Å²) in [6.45, 7) is 7.02. The Morgan fingerprint density at radius 2 is 1.48 bits per heavy atom. The number of rotatable bonds is 12. The van der Waals surface area contributed by atoms with Gasteiger partial charge in [-0.25, -0.2) is 0 Å². The van der Waals surface area contributed by atoms with Crippen LogP contribution < -0.4 is 5.32 Å². The molecule has 0 aromatic rings. The fraction of sp³-hybridized carbons (Fsp3) is 0.812. The molecular weight excluding hydrogens is 382 g/mol. The van der Waals surface area contributed by atoms with Crippen LogP contribution in [0.25, 0.3) is 0 Å². The summed E-state index contributed by atoms with van der Waals surface area (Å²) in [7, 11) is 0. The predicted octanol–water partition coefficient (Wildman–Crippen LogP) is 2.16. The summed E-state index contributed by atoms with van der Waals surface area (Å²) in [4.78, 5) is 36.7. The Morgan fingerprint density at radius 3 is 1.84 bits per heavy atom.